The smallest absolute Gasteiger partial charge is 0.0236 e. The molecule has 1 fully saturated rings. The van der Waals surface area contributed by atoms with Gasteiger partial charge in [-0.25, -0.2) is 0 Å². The third kappa shape index (κ3) is 4.79. The molecule has 0 saturated carbocycles. The predicted molar refractivity (Wildman–Crippen MR) is 85.0 cm³/mol. The normalized spacial score (nSPS) is 17.2. The van der Waals surface area contributed by atoms with E-state index in [1.54, 1.807) is 0 Å². The van der Waals surface area contributed by atoms with Crippen LogP contribution in [-0.4, -0.2) is 31.6 Å². The third-order valence-electron chi connectivity index (χ3n) is 4.09. The Kier molecular flexibility index (Phi) is 7.44. The zero-order chi connectivity index (χ0) is 12.8. The summed E-state index contributed by atoms with van der Waals surface area (Å²) < 4.78 is 0. The molecule has 1 aromatic rings. The summed E-state index contributed by atoms with van der Waals surface area (Å²) in [6.07, 6.45) is 3.83. The van der Waals surface area contributed by atoms with Crippen molar-refractivity contribution in [3.63, 3.8) is 0 Å². The summed E-state index contributed by atoms with van der Waals surface area (Å²) in [5.41, 5.74) is 3.03. The molecule has 0 aromatic heterocycles. The lowest BCUT2D eigenvalue weighted by Gasteiger charge is -2.32. The van der Waals surface area contributed by atoms with Crippen molar-refractivity contribution in [1.82, 2.24) is 10.2 Å². The van der Waals surface area contributed by atoms with Gasteiger partial charge >= 0.3 is 0 Å². The van der Waals surface area contributed by atoms with Gasteiger partial charge in [-0.2, -0.15) is 0 Å². The molecule has 1 aromatic carbocycles. The predicted octanol–water partition coefficient (Wildman–Crippen LogP) is 3.10. The van der Waals surface area contributed by atoms with Crippen molar-refractivity contribution in [1.29, 1.82) is 0 Å². The molecule has 3 heteroatoms. The van der Waals surface area contributed by atoms with E-state index in [1.165, 1.54) is 43.6 Å². The number of hydrogen-bond acceptors (Lipinski definition) is 2. The van der Waals surface area contributed by atoms with E-state index >= 15 is 0 Å². The molecule has 0 spiro atoms. The average molecular weight is 283 g/mol. The number of rotatable bonds is 5. The number of nitrogens with one attached hydrogen (secondary N) is 1. The first-order valence-electron chi connectivity index (χ1n) is 7.27. The van der Waals surface area contributed by atoms with Crippen molar-refractivity contribution in [2.24, 2.45) is 5.92 Å². The van der Waals surface area contributed by atoms with Crippen LogP contribution in [0.5, 0.6) is 0 Å². The summed E-state index contributed by atoms with van der Waals surface area (Å²) in [6.45, 7) is 7.07. The Morgan fingerprint density at radius 1 is 1.16 bits per heavy atom. The Morgan fingerprint density at radius 3 is 2.37 bits per heavy atom. The second-order valence-electron chi connectivity index (χ2n) is 5.40. The molecule has 108 valence electrons. The van der Waals surface area contributed by atoms with Gasteiger partial charge in [-0.15, -0.1) is 12.4 Å². The molecule has 2 rings (SSSR count). The Hall–Kier alpha value is -0.570. The van der Waals surface area contributed by atoms with Crippen LogP contribution in [-0.2, 0) is 13.0 Å². The Morgan fingerprint density at radius 2 is 1.79 bits per heavy atom. The van der Waals surface area contributed by atoms with Gasteiger partial charge < -0.3 is 5.32 Å². The van der Waals surface area contributed by atoms with E-state index < -0.39 is 0 Å². The number of nitrogens with zero attached hydrogens (tertiary/aromatic N) is 1. The van der Waals surface area contributed by atoms with Crippen LogP contribution in [0.15, 0.2) is 24.3 Å². The van der Waals surface area contributed by atoms with Crippen LogP contribution in [0.4, 0.5) is 0 Å². The standard InChI is InChI=1S/C16H26N2.ClH/c1-3-15-6-4-5-7-16(15)13-18-10-8-14(9-11-18)12-17-2;/h4-7,14,17H,3,8-13H2,1-2H3;1H. The molecule has 1 aliphatic rings. The molecule has 0 bridgehead atoms. The molecule has 0 amide bonds. The molecular weight excluding hydrogens is 256 g/mol. The summed E-state index contributed by atoms with van der Waals surface area (Å²) >= 11 is 0. The number of aryl methyl sites for hydroxylation is 1. The number of piperidine rings is 1. The average Bonchev–Trinajstić information content (AvgIpc) is 2.42. The molecular formula is C16H27ClN2. The van der Waals surface area contributed by atoms with Gasteiger partial charge in [0.2, 0.25) is 0 Å². The Labute approximate surface area is 124 Å². The van der Waals surface area contributed by atoms with Crippen molar-refractivity contribution < 1.29 is 0 Å². The molecule has 0 aliphatic carbocycles. The summed E-state index contributed by atoms with van der Waals surface area (Å²) in [7, 11) is 2.06. The second-order valence-corrected chi connectivity index (χ2v) is 5.40. The molecule has 1 saturated heterocycles. The largest absolute Gasteiger partial charge is 0.319 e. The SMILES string of the molecule is CCc1ccccc1CN1CCC(CNC)CC1.Cl. The summed E-state index contributed by atoms with van der Waals surface area (Å²) in [6, 6.07) is 8.88. The monoisotopic (exact) mass is 282 g/mol. The molecule has 1 aliphatic heterocycles. The van der Waals surface area contributed by atoms with E-state index in [-0.39, 0.29) is 12.4 Å². The van der Waals surface area contributed by atoms with Crippen molar-refractivity contribution in [3.8, 4) is 0 Å². The lowest BCUT2D eigenvalue weighted by molar-refractivity contribution is 0.176. The molecule has 0 unspecified atom stereocenters. The molecule has 19 heavy (non-hydrogen) atoms. The minimum atomic E-state index is 0. The van der Waals surface area contributed by atoms with Gasteiger partial charge in [0, 0.05) is 6.54 Å². The second kappa shape index (κ2) is 8.57. The molecule has 1 heterocycles. The van der Waals surface area contributed by atoms with E-state index in [4.69, 9.17) is 0 Å². The van der Waals surface area contributed by atoms with Crippen molar-refractivity contribution in [3.05, 3.63) is 35.4 Å². The molecule has 2 nitrogen and oxygen atoms in total. The van der Waals surface area contributed by atoms with Crippen molar-refractivity contribution in [2.45, 2.75) is 32.7 Å². The van der Waals surface area contributed by atoms with Gasteiger partial charge in [-0.3, -0.25) is 4.90 Å². The molecule has 1 N–H and O–H groups in total. The number of likely N-dealkylation sites (tertiary alicyclic amines) is 1. The van der Waals surface area contributed by atoms with Crippen molar-refractivity contribution in [2.75, 3.05) is 26.7 Å². The van der Waals surface area contributed by atoms with Crippen LogP contribution in [0.25, 0.3) is 0 Å². The Bertz CT molecular complexity index is 360. The van der Waals surface area contributed by atoms with Crippen LogP contribution in [0, 0.1) is 5.92 Å². The topological polar surface area (TPSA) is 15.3 Å². The fourth-order valence-corrected chi connectivity index (χ4v) is 2.93. The maximum absolute atomic E-state index is 3.30. The van der Waals surface area contributed by atoms with Gasteiger partial charge in [0.25, 0.3) is 0 Å². The lowest BCUT2D eigenvalue weighted by Crippen LogP contribution is -2.36. The first kappa shape index (κ1) is 16.5. The van der Waals surface area contributed by atoms with Crippen LogP contribution < -0.4 is 5.32 Å². The minimum Gasteiger partial charge on any atom is -0.319 e. The van der Waals surface area contributed by atoms with E-state index in [0.29, 0.717) is 0 Å². The third-order valence-corrected chi connectivity index (χ3v) is 4.09. The highest BCUT2D eigenvalue weighted by Gasteiger charge is 2.18. The van der Waals surface area contributed by atoms with Gasteiger partial charge in [-0.1, -0.05) is 31.2 Å². The summed E-state index contributed by atoms with van der Waals surface area (Å²) in [4.78, 5) is 2.61. The van der Waals surface area contributed by atoms with Gasteiger partial charge in [0.15, 0.2) is 0 Å². The first-order valence-corrected chi connectivity index (χ1v) is 7.27. The first-order chi connectivity index (χ1) is 8.83. The Balaban J connectivity index is 0.00000180. The highest BCUT2D eigenvalue weighted by molar-refractivity contribution is 5.85. The summed E-state index contributed by atoms with van der Waals surface area (Å²) in [5, 5.41) is 3.30. The molecule has 0 radical (unpaired) electrons. The van der Waals surface area contributed by atoms with Gasteiger partial charge in [0.1, 0.15) is 0 Å². The highest BCUT2D eigenvalue weighted by atomic mass is 35.5. The van der Waals surface area contributed by atoms with Crippen LogP contribution in [0.1, 0.15) is 30.9 Å². The van der Waals surface area contributed by atoms with Crippen LogP contribution >= 0.6 is 12.4 Å². The minimum absolute atomic E-state index is 0. The highest BCUT2D eigenvalue weighted by Crippen LogP contribution is 2.20. The molecule has 0 atom stereocenters. The zero-order valence-electron chi connectivity index (χ0n) is 12.2. The fraction of sp³-hybridized carbons (Fsp3) is 0.625. The van der Waals surface area contributed by atoms with E-state index in [2.05, 4.69) is 48.5 Å². The fourth-order valence-electron chi connectivity index (χ4n) is 2.93. The number of hydrogen-bond donors (Lipinski definition) is 1. The van der Waals surface area contributed by atoms with Gasteiger partial charge in [-0.05, 0) is 63.0 Å². The van der Waals surface area contributed by atoms with Gasteiger partial charge in [0.05, 0.1) is 0 Å². The van der Waals surface area contributed by atoms with Crippen molar-refractivity contribution >= 4 is 12.4 Å². The van der Waals surface area contributed by atoms with Crippen LogP contribution in [0.2, 0.25) is 0 Å². The lowest BCUT2D eigenvalue weighted by atomic mass is 9.96. The van der Waals surface area contributed by atoms with Crippen LogP contribution in [0.3, 0.4) is 0 Å². The summed E-state index contributed by atoms with van der Waals surface area (Å²) in [5.74, 6) is 0.882. The van der Waals surface area contributed by atoms with E-state index in [9.17, 15) is 0 Å². The quantitative estimate of drug-likeness (QED) is 0.893. The number of halogens is 1. The van der Waals surface area contributed by atoms with E-state index in [0.717, 1.165) is 18.9 Å². The number of benzene rings is 1. The maximum Gasteiger partial charge on any atom is 0.0236 e. The van der Waals surface area contributed by atoms with E-state index in [1.807, 2.05) is 0 Å². The zero-order valence-corrected chi connectivity index (χ0v) is 13.0. The maximum atomic E-state index is 3.30.